The number of rotatable bonds is 2. The van der Waals surface area contributed by atoms with Gasteiger partial charge in [0, 0.05) is 12.5 Å². The third-order valence-electron chi connectivity index (χ3n) is 0.359. The summed E-state index contributed by atoms with van der Waals surface area (Å²) in [6, 6.07) is 0. The molecule has 0 aromatic heterocycles. The van der Waals surface area contributed by atoms with Gasteiger partial charge in [0.2, 0.25) is 0 Å². The van der Waals surface area contributed by atoms with Gasteiger partial charge in [-0.25, -0.2) is 0 Å². The molecule has 7 heteroatoms. The van der Waals surface area contributed by atoms with Crippen LogP contribution in [0.2, 0.25) is 0 Å². The summed E-state index contributed by atoms with van der Waals surface area (Å²) < 4.78 is 7.22. The number of hydrogen-bond donors (Lipinski definition) is 0. The predicted molar refractivity (Wildman–Crippen MR) is 39.1 cm³/mol. The molecular formula is C6H6CaO6. The molecule has 0 N–H and O–H groups in total. The van der Waals surface area contributed by atoms with Crippen LogP contribution in [0, 0.1) is 0 Å². The fraction of sp³-hybridized carbons (Fsp3) is 0. The molecule has 0 aliphatic heterocycles. The van der Waals surface area contributed by atoms with Crippen LogP contribution in [-0.4, -0.2) is 50.0 Å². The second-order valence-electron chi connectivity index (χ2n) is 1.07. The number of carbonyl (C=O) groups is 2. The Morgan fingerprint density at radius 2 is 1.23 bits per heavy atom. The summed E-state index contributed by atoms with van der Waals surface area (Å²) in [6.07, 6.45) is -1.58. The molecule has 0 amide bonds. The Morgan fingerprint density at radius 3 is 1.23 bits per heavy atom. The minimum Gasteiger partial charge on any atom is -0.522 e. The molecule has 0 aliphatic carbocycles. The first-order valence-electron chi connectivity index (χ1n) is 2.51. The number of carboxylic acid groups (broad SMARTS) is 2. The zero-order valence-corrected chi connectivity index (χ0v) is 8.93. The van der Waals surface area contributed by atoms with Crippen LogP contribution >= 0.6 is 0 Å². The van der Waals surface area contributed by atoms with E-state index in [2.05, 4.69) is 22.6 Å². The van der Waals surface area contributed by atoms with Gasteiger partial charge in [0.05, 0.1) is 0 Å². The maximum atomic E-state index is 9.19. The van der Waals surface area contributed by atoms with Crippen LogP contribution in [0.4, 0.5) is 9.59 Å². The monoisotopic (exact) mass is 214 g/mol. The van der Waals surface area contributed by atoms with Crippen LogP contribution in [0.1, 0.15) is 0 Å². The zero-order chi connectivity index (χ0) is 9.98. The van der Waals surface area contributed by atoms with E-state index >= 15 is 0 Å². The van der Waals surface area contributed by atoms with Crippen molar-refractivity contribution < 1.29 is 29.3 Å². The molecule has 68 valence electrons. The van der Waals surface area contributed by atoms with E-state index in [1.807, 2.05) is 0 Å². The Hall–Kier alpha value is -0.720. The first kappa shape index (κ1) is 18.1. The molecule has 0 aliphatic rings. The van der Waals surface area contributed by atoms with E-state index in [0.717, 1.165) is 12.5 Å². The molecule has 0 spiro atoms. The van der Waals surface area contributed by atoms with E-state index in [1.165, 1.54) is 0 Å². The van der Waals surface area contributed by atoms with Gasteiger partial charge in [0.1, 0.15) is 0 Å². The molecular weight excluding hydrogens is 208 g/mol. The van der Waals surface area contributed by atoms with Gasteiger partial charge < -0.3 is 29.3 Å². The second kappa shape index (κ2) is 13.8. The molecule has 13 heavy (non-hydrogen) atoms. The summed E-state index contributed by atoms with van der Waals surface area (Å²) in [7, 11) is 0. The molecule has 0 heterocycles. The van der Waals surface area contributed by atoms with E-state index in [9.17, 15) is 19.8 Å². The van der Waals surface area contributed by atoms with Gasteiger partial charge in [0.25, 0.3) is 12.3 Å². The van der Waals surface area contributed by atoms with Crippen molar-refractivity contribution in [2.24, 2.45) is 0 Å². The van der Waals surface area contributed by atoms with Crippen LogP contribution in [-0.2, 0) is 9.47 Å². The molecule has 0 fully saturated rings. The molecule has 0 saturated heterocycles. The topological polar surface area (TPSA) is 98.7 Å². The van der Waals surface area contributed by atoms with Crippen LogP contribution in [0.15, 0.2) is 25.7 Å². The Kier molecular flexibility index (Phi) is 19.3. The van der Waals surface area contributed by atoms with E-state index < -0.39 is 12.3 Å². The number of hydrogen-bond acceptors (Lipinski definition) is 6. The van der Waals surface area contributed by atoms with Crippen molar-refractivity contribution in [1.82, 2.24) is 0 Å². The Bertz CT molecular complexity index is 158. The summed E-state index contributed by atoms with van der Waals surface area (Å²) in [5.41, 5.74) is 0. The van der Waals surface area contributed by atoms with Gasteiger partial charge >= 0.3 is 37.7 Å². The second-order valence-corrected chi connectivity index (χ2v) is 1.07. The quantitative estimate of drug-likeness (QED) is 0.318. The predicted octanol–water partition coefficient (Wildman–Crippen LogP) is -1.40. The molecule has 0 bridgehead atoms. The summed E-state index contributed by atoms with van der Waals surface area (Å²) >= 11 is 0. The molecule has 0 aromatic rings. The normalized spacial score (nSPS) is 6.15. The molecule has 0 radical (unpaired) electrons. The van der Waals surface area contributed by atoms with Crippen molar-refractivity contribution in [3.8, 4) is 0 Å². The number of carbonyl (C=O) groups excluding carboxylic acids is 2. The van der Waals surface area contributed by atoms with E-state index in [4.69, 9.17) is 0 Å². The summed E-state index contributed by atoms with van der Waals surface area (Å²) in [5, 5.41) is 18.4. The molecule has 0 saturated carbocycles. The zero-order valence-electron chi connectivity index (χ0n) is 6.73. The van der Waals surface area contributed by atoms with Gasteiger partial charge in [-0.3, -0.25) is 0 Å². The maximum Gasteiger partial charge on any atom is 2.00 e. The molecule has 6 nitrogen and oxygen atoms in total. The first-order chi connectivity index (χ1) is 5.54. The average molecular weight is 214 g/mol. The van der Waals surface area contributed by atoms with E-state index in [0.29, 0.717) is 0 Å². The van der Waals surface area contributed by atoms with Gasteiger partial charge in [-0.2, -0.15) is 0 Å². The van der Waals surface area contributed by atoms with Gasteiger partial charge in [-0.1, -0.05) is 13.2 Å². The third kappa shape index (κ3) is 34.8. The Morgan fingerprint density at radius 1 is 1.00 bits per heavy atom. The van der Waals surface area contributed by atoms with Crippen molar-refractivity contribution in [1.29, 1.82) is 0 Å². The summed E-state index contributed by atoms with van der Waals surface area (Å²) in [6.45, 7) is 5.92. The first-order valence-corrected chi connectivity index (χ1v) is 2.51. The fourth-order valence-corrected chi connectivity index (χ4v) is 0.136. The van der Waals surface area contributed by atoms with Crippen molar-refractivity contribution in [2.75, 3.05) is 0 Å². The van der Waals surface area contributed by atoms with Crippen LogP contribution in [0.25, 0.3) is 0 Å². The molecule has 0 aromatic carbocycles. The summed E-state index contributed by atoms with van der Waals surface area (Å²) in [4.78, 5) is 18.4. The van der Waals surface area contributed by atoms with Crippen molar-refractivity contribution >= 4 is 50.0 Å². The van der Waals surface area contributed by atoms with E-state index in [1.54, 1.807) is 0 Å². The average Bonchev–Trinajstić information content (AvgIpc) is 1.87. The molecule has 0 atom stereocenters. The van der Waals surface area contributed by atoms with Crippen LogP contribution < -0.4 is 10.2 Å². The fourth-order valence-electron chi connectivity index (χ4n) is 0.136. The van der Waals surface area contributed by atoms with Crippen LogP contribution in [0.5, 0.6) is 0 Å². The van der Waals surface area contributed by atoms with Crippen molar-refractivity contribution in [3.63, 3.8) is 0 Å². The van der Waals surface area contributed by atoms with Gasteiger partial charge in [0.15, 0.2) is 0 Å². The molecule has 0 rings (SSSR count). The number of ether oxygens (including phenoxy) is 2. The van der Waals surface area contributed by atoms with Gasteiger partial charge in [-0.15, -0.1) is 0 Å². The van der Waals surface area contributed by atoms with Crippen molar-refractivity contribution in [2.45, 2.75) is 0 Å². The van der Waals surface area contributed by atoms with Crippen molar-refractivity contribution in [3.05, 3.63) is 25.7 Å². The van der Waals surface area contributed by atoms with Crippen LogP contribution in [0.3, 0.4) is 0 Å². The SMILES string of the molecule is C=COC(=O)[O-].C=COC(=O)[O-].[Ca+2]. The Labute approximate surface area is 104 Å². The largest absolute Gasteiger partial charge is 2.00 e. The minimum atomic E-state index is -1.58. The Balaban J connectivity index is -0.000000143. The summed E-state index contributed by atoms with van der Waals surface area (Å²) in [5.74, 6) is 0. The third-order valence-corrected chi connectivity index (χ3v) is 0.359. The smallest absolute Gasteiger partial charge is 0.522 e. The minimum absolute atomic E-state index is 0. The maximum absolute atomic E-state index is 9.19. The van der Waals surface area contributed by atoms with Gasteiger partial charge in [-0.05, 0) is 0 Å². The standard InChI is InChI=1S/2C3H4O3.Ca/c2*1-2-6-3(4)5;/h2*2H,1H2,(H,4,5);/q;;+2/p-2. The van der Waals surface area contributed by atoms with E-state index in [-0.39, 0.29) is 37.7 Å². The molecule has 0 unspecified atom stereocenters.